The van der Waals surface area contributed by atoms with Gasteiger partial charge in [-0.05, 0) is 29.9 Å². The molecule has 1 heterocycles. The molecular weight excluding hydrogens is 374 g/mol. The second-order valence-corrected chi connectivity index (χ2v) is 7.88. The van der Waals surface area contributed by atoms with Crippen LogP contribution in [-0.2, 0) is 10.5 Å². The molecule has 0 unspecified atom stereocenters. The fourth-order valence-corrected chi connectivity index (χ4v) is 4.12. The SMILES string of the molecule is N#Cc1ccc(-c2csc(NC(=O)CCCSCc3ccccc3)n2)cc1. The highest BCUT2D eigenvalue weighted by molar-refractivity contribution is 7.98. The van der Waals surface area contributed by atoms with E-state index in [-0.39, 0.29) is 5.91 Å². The van der Waals surface area contributed by atoms with Gasteiger partial charge in [0.25, 0.3) is 0 Å². The van der Waals surface area contributed by atoms with Crippen LogP contribution in [0.4, 0.5) is 5.13 Å². The van der Waals surface area contributed by atoms with Gasteiger partial charge in [0.1, 0.15) is 0 Å². The van der Waals surface area contributed by atoms with Crippen molar-refractivity contribution < 1.29 is 4.79 Å². The Morgan fingerprint density at radius 1 is 1.15 bits per heavy atom. The lowest BCUT2D eigenvalue weighted by Gasteiger charge is -2.03. The first kappa shape index (κ1) is 19.2. The average molecular weight is 394 g/mol. The summed E-state index contributed by atoms with van der Waals surface area (Å²) in [5, 5.41) is 14.2. The number of anilines is 1. The predicted molar refractivity (Wildman–Crippen MR) is 113 cm³/mol. The molecule has 3 aromatic rings. The summed E-state index contributed by atoms with van der Waals surface area (Å²) in [6, 6.07) is 19.7. The topological polar surface area (TPSA) is 65.8 Å². The molecule has 1 amide bonds. The van der Waals surface area contributed by atoms with E-state index in [0.29, 0.717) is 17.1 Å². The number of carbonyl (C=O) groups excluding carboxylic acids is 1. The van der Waals surface area contributed by atoms with E-state index in [9.17, 15) is 4.79 Å². The summed E-state index contributed by atoms with van der Waals surface area (Å²) in [5.74, 6) is 1.93. The lowest BCUT2D eigenvalue weighted by molar-refractivity contribution is -0.116. The first-order valence-corrected chi connectivity index (χ1v) is 10.7. The summed E-state index contributed by atoms with van der Waals surface area (Å²) in [6.45, 7) is 0. The Labute approximate surface area is 167 Å². The van der Waals surface area contributed by atoms with Gasteiger partial charge in [-0.2, -0.15) is 17.0 Å². The third-order valence-corrected chi connectivity index (χ3v) is 5.74. The van der Waals surface area contributed by atoms with Crippen LogP contribution in [-0.4, -0.2) is 16.6 Å². The Bertz CT molecular complexity index is 915. The molecule has 0 radical (unpaired) electrons. The number of hydrogen-bond acceptors (Lipinski definition) is 5. The smallest absolute Gasteiger partial charge is 0.226 e. The number of rotatable bonds is 8. The van der Waals surface area contributed by atoms with Gasteiger partial charge in [-0.15, -0.1) is 11.3 Å². The van der Waals surface area contributed by atoms with Gasteiger partial charge in [0, 0.05) is 23.1 Å². The van der Waals surface area contributed by atoms with Crippen molar-refractivity contribution in [3.05, 3.63) is 71.1 Å². The van der Waals surface area contributed by atoms with Crippen LogP contribution >= 0.6 is 23.1 Å². The van der Waals surface area contributed by atoms with Gasteiger partial charge in [-0.1, -0.05) is 42.5 Å². The molecule has 0 aliphatic rings. The molecule has 6 heteroatoms. The molecular formula is C21H19N3OS2. The summed E-state index contributed by atoms with van der Waals surface area (Å²) in [4.78, 5) is 16.5. The van der Waals surface area contributed by atoms with Crippen LogP contribution in [0.1, 0.15) is 24.0 Å². The van der Waals surface area contributed by atoms with Gasteiger partial charge in [-0.25, -0.2) is 4.98 Å². The third-order valence-electron chi connectivity index (χ3n) is 3.86. The number of carbonyl (C=O) groups is 1. The molecule has 0 saturated heterocycles. The Balaban J connectivity index is 1.40. The van der Waals surface area contributed by atoms with E-state index < -0.39 is 0 Å². The molecule has 0 bridgehead atoms. The Hall–Kier alpha value is -2.62. The van der Waals surface area contributed by atoms with Crippen molar-refractivity contribution in [3.63, 3.8) is 0 Å². The number of nitriles is 1. The van der Waals surface area contributed by atoms with E-state index in [2.05, 4.69) is 28.5 Å². The summed E-state index contributed by atoms with van der Waals surface area (Å²) in [5.41, 5.74) is 3.67. The molecule has 1 N–H and O–H groups in total. The minimum atomic E-state index is -0.00367. The number of nitrogens with one attached hydrogen (secondary N) is 1. The molecule has 0 saturated carbocycles. The van der Waals surface area contributed by atoms with Crippen LogP contribution in [0, 0.1) is 11.3 Å². The van der Waals surface area contributed by atoms with Crippen LogP contribution < -0.4 is 5.32 Å². The highest BCUT2D eigenvalue weighted by Gasteiger charge is 2.08. The number of thiazole rings is 1. The zero-order chi connectivity index (χ0) is 18.9. The summed E-state index contributed by atoms with van der Waals surface area (Å²) in [7, 11) is 0. The van der Waals surface area contributed by atoms with Crippen LogP contribution in [0.5, 0.6) is 0 Å². The Morgan fingerprint density at radius 2 is 1.93 bits per heavy atom. The van der Waals surface area contributed by atoms with Gasteiger partial charge in [0.05, 0.1) is 17.3 Å². The standard InChI is InChI=1S/C21H19N3OS2/c22-13-16-8-10-18(11-9-16)19-15-27-21(23-19)24-20(25)7-4-12-26-14-17-5-2-1-3-6-17/h1-3,5-6,8-11,15H,4,7,12,14H2,(H,23,24,25). The molecule has 136 valence electrons. The zero-order valence-electron chi connectivity index (χ0n) is 14.7. The average Bonchev–Trinajstić information content (AvgIpc) is 3.17. The van der Waals surface area contributed by atoms with E-state index in [1.807, 2.05) is 47.5 Å². The second kappa shape index (κ2) is 9.91. The van der Waals surface area contributed by atoms with Gasteiger partial charge < -0.3 is 5.32 Å². The van der Waals surface area contributed by atoms with Crippen molar-refractivity contribution in [2.45, 2.75) is 18.6 Å². The van der Waals surface area contributed by atoms with Crippen molar-refractivity contribution in [2.75, 3.05) is 11.1 Å². The lowest BCUT2D eigenvalue weighted by atomic mass is 10.1. The third kappa shape index (κ3) is 5.95. The Morgan fingerprint density at radius 3 is 2.67 bits per heavy atom. The van der Waals surface area contributed by atoms with Gasteiger partial charge in [0.2, 0.25) is 5.91 Å². The summed E-state index contributed by atoms with van der Waals surface area (Å²) in [6.07, 6.45) is 1.34. The maximum atomic E-state index is 12.1. The molecule has 3 rings (SSSR count). The van der Waals surface area contributed by atoms with E-state index in [0.717, 1.165) is 29.2 Å². The van der Waals surface area contributed by atoms with Crippen LogP contribution in [0.25, 0.3) is 11.3 Å². The van der Waals surface area contributed by atoms with E-state index in [4.69, 9.17) is 5.26 Å². The molecule has 0 aliphatic carbocycles. The molecule has 0 atom stereocenters. The number of hydrogen-bond donors (Lipinski definition) is 1. The molecule has 0 fully saturated rings. The van der Waals surface area contributed by atoms with Crippen molar-refractivity contribution >= 4 is 34.1 Å². The predicted octanol–water partition coefficient (Wildman–Crippen LogP) is 5.33. The molecule has 27 heavy (non-hydrogen) atoms. The lowest BCUT2D eigenvalue weighted by Crippen LogP contribution is -2.11. The maximum Gasteiger partial charge on any atom is 0.226 e. The Kier molecular flexibility index (Phi) is 7.03. The number of amides is 1. The van der Waals surface area contributed by atoms with Crippen molar-refractivity contribution in [1.29, 1.82) is 5.26 Å². The molecule has 1 aromatic heterocycles. The number of benzene rings is 2. The van der Waals surface area contributed by atoms with E-state index in [1.165, 1.54) is 16.9 Å². The number of nitrogens with zero attached hydrogens (tertiary/aromatic N) is 2. The second-order valence-electron chi connectivity index (χ2n) is 5.92. The fraction of sp³-hybridized carbons (Fsp3) is 0.190. The first-order valence-electron chi connectivity index (χ1n) is 8.62. The van der Waals surface area contributed by atoms with Gasteiger partial charge in [0.15, 0.2) is 5.13 Å². The van der Waals surface area contributed by atoms with Crippen molar-refractivity contribution in [2.24, 2.45) is 0 Å². The summed E-state index contributed by atoms with van der Waals surface area (Å²) < 4.78 is 0. The van der Waals surface area contributed by atoms with Crippen LogP contribution in [0.2, 0.25) is 0 Å². The van der Waals surface area contributed by atoms with Gasteiger partial charge >= 0.3 is 0 Å². The number of aromatic nitrogens is 1. The van der Waals surface area contributed by atoms with Gasteiger partial charge in [-0.3, -0.25) is 4.79 Å². The highest BCUT2D eigenvalue weighted by Crippen LogP contribution is 2.25. The molecule has 2 aromatic carbocycles. The molecule has 0 aliphatic heterocycles. The van der Waals surface area contributed by atoms with Crippen molar-refractivity contribution in [1.82, 2.24) is 4.98 Å². The van der Waals surface area contributed by atoms with Crippen LogP contribution in [0.3, 0.4) is 0 Å². The normalized spacial score (nSPS) is 10.3. The largest absolute Gasteiger partial charge is 0.302 e. The maximum absolute atomic E-state index is 12.1. The molecule has 4 nitrogen and oxygen atoms in total. The fourth-order valence-electron chi connectivity index (χ4n) is 2.46. The number of thioether (sulfide) groups is 1. The minimum absolute atomic E-state index is 0.00367. The van der Waals surface area contributed by atoms with E-state index >= 15 is 0 Å². The first-order chi connectivity index (χ1) is 13.2. The molecule has 0 spiro atoms. The van der Waals surface area contributed by atoms with E-state index in [1.54, 1.807) is 12.1 Å². The minimum Gasteiger partial charge on any atom is -0.302 e. The van der Waals surface area contributed by atoms with Crippen molar-refractivity contribution in [3.8, 4) is 17.3 Å². The summed E-state index contributed by atoms with van der Waals surface area (Å²) >= 11 is 3.25. The quantitative estimate of drug-likeness (QED) is 0.525. The monoisotopic (exact) mass is 393 g/mol. The zero-order valence-corrected chi connectivity index (χ0v) is 16.4. The highest BCUT2D eigenvalue weighted by atomic mass is 32.2. The van der Waals surface area contributed by atoms with Crippen LogP contribution in [0.15, 0.2) is 60.0 Å².